The van der Waals surface area contributed by atoms with Crippen molar-refractivity contribution in [1.29, 1.82) is 0 Å². The average molecular weight is 646 g/mol. The fourth-order valence-electron chi connectivity index (χ4n) is 5.38. The van der Waals surface area contributed by atoms with E-state index >= 15 is 0 Å². The number of halogens is 1. The maximum atomic E-state index is 12.1. The molecule has 0 saturated carbocycles. The van der Waals surface area contributed by atoms with E-state index in [4.69, 9.17) is 26.1 Å². The van der Waals surface area contributed by atoms with E-state index in [0.717, 1.165) is 46.2 Å². The van der Waals surface area contributed by atoms with E-state index in [2.05, 4.69) is 23.0 Å². The molecule has 0 amide bonds. The fourth-order valence-corrected chi connectivity index (χ4v) is 6.09. The third kappa shape index (κ3) is 7.16. The number of carbonyl (C=O) groups is 1. The van der Waals surface area contributed by atoms with Gasteiger partial charge in [-0.15, -0.1) is 0 Å². The Balaban J connectivity index is 1.65. The highest BCUT2D eigenvalue weighted by atomic mass is 35.5. The molecule has 0 atom stereocenters. The summed E-state index contributed by atoms with van der Waals surface area (Å²) in [7, 11) is 0.602. The highest BCUT2D eigenvalue weighted by Crippen LogP contribution is 2.44. The molecule has 0 bridgehead atoms. The van der Waals surface area contributed by atoms with Crippen LogP contribution in [0.15, 0.2) is 60.5 Å². The molecular weight excluding hydrogens is 608 g/mol. The van der Waals surface area contributed by atoms with Gasteiger partial charge in [-0.3, -0.25) is 4.55 Å². The van der Waals surface area contributed by atoms with Crippen LogP contribution in [0.25, 0.3) is 17.1 Å². The van der Waals surface area contributed by atoms with E-state index in [9.17, 15) is 17.8 Å². The molecule has 2 aromatic carbocycles. The summed E-state index contributed by atoms with van der Waals surface area (Å²) >= 11 is 6.52. The van der Waals surface area contributed by atoms with Crippen LogP contribution in [0.5, 0.6) is 0 Å². The number of hydrogen-bond donors (Lipinski definition) is 1. The number of nitrogens with zero attached hydrogens (tertiary/aromatic N) is 4. The molecule has 0 aliphatic carbocycles. The Bertz CT molecular complexity index is 1730. The van der Waals surface area contributed by atoms with Crippen LogP contribution in [0, 0.1) is 0 Å². The van der Waals surface area contributed by atoms with Gasteiger partial charge in [-0.25, -0.2) is 23.7 Å². The second kappa shape index (κ2) is 14.4. The second-order valence-corrected chi connectivity index (χ2v) is 12.0. The van der Waals surface area contributed by atoms with Crippen molar-refractivity contribution in [3.05, 3.63) is 82.4 Å². The van der Waals surface area contributed by atoms with Crippen molar-refractivity contribution in [1.82, 2.24) is 4.57 Å². The van der Waals surface area contributed by atoms with E-state index in [1.165, 1.54) is 14.2 Å². The lowest BCUT2D eigenvalue weighted by Gasteiger charge is -2.22. The molecule has 0 unspecified atom stereocenters. The van der Waals surface area contributed by atoms with Crippen molar-refractivity contribution >= 4 is 56.2 Å². The van der Waals surface area contributed by atoms with E-state index in [0.29, 0.717) is 23.7 Å². The number of ether oxygens (including phenoxy) is 1. The Morgan fingerprint density at radius 1 is 1.09 bits per heavy atom. The van der Waals surface area contributed by atoms with Gasteiger partial charge in [0.2, 0.25) is 0 Å². The molecule has 0 fully saturated rings. The van der Waals surface area contributed by atoms with Gasteiger partial charge < -0.3 is 14.5 Å². The third-order valence-corrected chi connectivity index (χ3v) is 8.57. The minimum Gasteiger partial charge on any atom is -0.465 e. The first-order valence-corrected chi connectivity index (χ1v) is 16.2. The monoisotopic (exact) mass is 645 g/mol. The van der Waals surface area contributed by atoms with Gasteiger partial charge in [0.1, 0.15) is 12.4 Å². The molecule has 0 spiro atoms. The summed E-state index contributed by atoms with van der Waals surface area (Å²) in [6.45, 7) is 6.09. The molecule has 3 aromatic rings. The lowest BCUT2D eigenvalue weighted by Crippen LogP contribution is -2.35. The number of esters is 1. The zero-order chi connectivity index (χ0) is 32.0. The Morgan fingerprint density at radius 3 is 2.52 bits per heavy atom. The highest BCUT2D eigenvalue weighted by molar-refractivity contribution is 7.85. The summed E-state index contributed by atoms with van der Waals surface area (Å²) in [5.41, 5.74) is 4.87. The minimum atomic E-state index is -4.10. The summed E-state index contributed by atoms with van der Waals surface area (Å²) in [6, 6.07) is 9.31. The molecule has 2 heterocycles. The van der Waals surface area contributed by atoms with E-state index < -0.39 is 10.1 Å². The molecule has 0 radical (unpaired) electrons. The van der Waals surface area contributed by atoms with Crippen LogP contribution in [-0.4, -0.2) is 57.1 Å². The Hall–Kier alpha value is -3.68. The molecule has 1 aliphatic rings. The molecule has 1 N–H and O–H groups in total. The number of anilines is 2. The van der Waals surface area contributed by atoms with E-state index in [1.807, 2.05) is 71.5 Å². The molecule has 13 heteroatoms. The van der Waals surface area contributed by atoms with Crippen molar-refractivity contribution < 1.29 is 36.8 Å². The number of rotatable bonds is 13. The van der Waals surface area contributed by atoms with Crippen molar-refractivity contribution in [2.24, 2.45) is 0 Å². The first-order chi connectivity index (χ1) is 21.0. The van der Waals surface area contributed by atoms with Gasteiger partial charge in [0, 0.05) is 36.3 Å². The molecular formula is C31H38ClN4O7S+. The summed E-state index contributed by atoms with van der Waals surface area (Å²) in [5, 5.41) is 0.513. The van der Waals surface area contributed by atoms with Gasteiger partial charge in [-0.05, 0) is 50.6 Å². The average Bonchev–Trinajstić information content (AvgIpc) is 3.43. The molecule has 4 rings (SSSR count). The van der Waals surface area contributed by atoms with Gasteiger partial charge >= 0.3 is 5.97 Å². The van der Waals surface area contributed by atoms with Gasteiger partial charge in [0.25, 0.3) is 15.9 Å². The van der Waals surface area contributed by atoms with Gasteiger partial charge in [-0.2, -0.15) is 8.42 Å². The Labute approximate surface area is 262 Å². The molecule has 0 saturated heterocycles. The van der Waals surface area contributed by atoms with Crippen molar-refractivity contribution in [2.75, 3.05) is 43.4 Å². The third-order valence-electron chi connectivity index (χ3n) is 7.41. The lowest BCUT2D eigenvalue weighted by molar-refractivity contribution is -0.670. The molecule has 44 heavy (non-hydrogen) atoms. The van der Waals surface area contributed by atoms with Crippen molar-refractivity contribution in [3.63, 3.8) is 0 Å². The van der Waals surface area contributed by atoms with Crippen LogP contribution in [0.1, 0.15) is 42.0 Å². The maximum absolute atomic E-state index is 12.1. The number of carbonyl (C=O) groups excluding carboxylic acids is 1. The number of aromatic nitrogens is 2. The maximum Gasteiger partial charge on any atom is 0.338 e. The predicted molar refractivity (Wildman–Crippen MR) is 171 cm³/mol. The number of benzene rings is 2. The van der Waals surface area contributed by atoms with Crippen LogP contribution in [0.3, 0.4) is 0 Å². The van der Waals surface area contributed by atoms with E-state index in [-0.39, 0.29) is 24.7 Å². The summed E-state index contributed by atoms with van der Waals surface area (Å²) in [4.78, 5) is 25.9. The lowest BCUT2D eigenvalue weighted by atomic mass is 10.1. The number of allylic oxidation sites excluding steroid dienone is 4. The van der Waals surface area contributed by atoms with Crippen LogP contribution >= 0.6 is 11.6 Å². The summed E-state index contributed by atoms with van der Waals surface area (Å²) in [6.07, 6.45) is 9.96. The van der Waals surface area contributed by atoms with Crippen LogP contribution in [-0.2, 0) is 44.3 Å². The second-order valence-electron chi connectivity index (χ2n) is 10.0. The number of aryl methyl sites for hydroxylation is 2. The molecule has 11 nitrogen and oxygen atoms in total. The number of hydrogen-bond acceptors (Lipinski definition) is 8. The topological polar surface area (TPSA) is 114 Å². The SMILES string of the molecule is CCn1c(/C=C/C=C/C=C2\N(C)c3cc(Cl)c(COOC)cc3N2CCCS(=O)(=O)O)[n+](CC)c2ccc(C(=O)OC)cc21. The molecule has 1 aromatic heterocycles. The fraction of sp³-hybridized carbons (Fsp3) is 0.355. The zero-order valence-corrected chi connectivity index (χ0v) is 27.1. The first-order valence-electron chi connectivity index (χ1n) is 14.2. The smallest absolute Gasteiger partial charge is 0.338 e. The van der Waals surface area contributed by atoms with Crippen LogP contribution < -0.4 is 14.4 Å². The van der Waals surface area contributed by atoms with Crippen LogP contribution in [0.4, 0.5) is 11.4 Å². The molecule has 1 aliphatic heterocycles. The Morgan fingerprint density at radius 2 is 1.86 bits per heavy atom. The first kappa shape index (κ1) is 33.2. The van der Waals surface area contributed by atoms with Crippen molar-refractivity contribution in [3.8, 4) is 0 Å². The summed E-state index contributed by atoms with van der Waals surface area (Å²) in [5.74, 6) is 1.07. The van der Waals surface area contributed by atoms with Crippen molar-refractivity contribution in [2.45, 2.75) is 40.0 Å². The highest BCUT2D eigenvalue weighted by Gasteiger charge is 2.30. The van der Waals surface area contributed by atoms with Gasteiger partial charge in [0.15, 0.2) is 11.0 Å². The minimum absolute atomic E-state index is 0.144. The number of imidazole rings is 1. The largest absolute Gasteiger partial charge is 0.465 e. The van der Waals surface area contributed by atoms with Crippen LogP contribution in [0.2, 0.25) is 5.02 Å². The van der Waals surface area contributed by atoms with Gasteiger partial charge in [-0.1, -0.05) is 29.8 Å². The summed E-state index contributed by atoms with van der Waals surface area (Å²) < 4.78 is 41.3. The standard InChI is InChI=1S/C31H37ClN4O7S/c1-6-34-25-15-14-22(31(37)41-4)18-27(25)35(7-2)30(34)13-10-8-9-12-29-33(3)26-20-24(32)23(21-43-42-5)19-28(26)36(29)16-11-17-44(38,39)40/h8-10,12-15,18-20H,6-7,11,16-17,21H2,1-5H3/p+1. The quantitative estimate of drug-likeness (QED) is 0.0675. The number of fused-ring (bicyclic) bond motifs is 2. The number of methoxy groups -OCH3 is 1. The van der Waals surface area contributed by atoms with Gasteiger partial charge in [0.05, 0.1) is 50.0 Å². The predicted octanol–water partition coefficient (Wildman–Crippen LogP) is 5.13. The Kier molecular flexibility index (Phi) is 10.9. The normalized spacial score (nSPS) is 14.6. The zero-order valence-electron chi connectivity index (χ0n) is 25.5. The molecule has 236 valence electrons. The van der Waals surface area contributed by atoms with E-state index in [1.54, 1.807) is 6.07 Å².